The van der Waals surface area contributed by atoms with E-state index in [0.29, 0.717) is 12.8 Å². The van der Waals surface area contributed by atoms with Gasteiger partial charge in [0.2, 0.25) is 0 Å². The van der Waals surface area contributed by atoms with Gasteiger partial charge in [-0.05, 0) is 22.3 Å². The second-order valence-corrected chi connectivity index (χ2v) is 8.11. The Morgan fingerprint density at radius 3 is 0.971 bits per heavy atom. The van der Waals surface area contributed by atoms with Crippen LogP contribution in [0.2, 0.25) is 0 Å². The summed E-state index contributed by atoms with van der Waals surface area (Å²) in [5, 5.41) is 12.4. The maximum absolute atomic E-state index is 9.04. The average molecular weight is 449 g/mol. The van der Waals surface area contributed by atoms with E-state index in [4.69, 9.17) is 5.21 Å². The molecule has 0 aliphatic heterocycles. The number of benzene rings is 4. The van der Waals surface area contributed by atoms with E-state index in [1.807, 2.05) is 79.8 Å². The van der Waals surface area contributed by atoms with Crippen molar-refractivity contribution in [3.8, 4) is 0 Å². The van der Waals surface area contributed by atoms with E-state index in [1.54, 1.807) is 0 Å². The van der Waals surface area contributed by atoms with Crippen LogP contribution in [-0.2, 0) is 25.7 Å². The molecule has 0 saturated heterocycles. The Morgan fingerprint density at radius 2 is 0.735 bits per heavy atom. The zero-order valence-electron chi connectivity index (χ0n) is 19.7. The van der Waals surface area contributed by atoms with Crippen LogP contribution in [0.15, 0.2) is 131 Å². The fourth-order valence-corrected chi connectivity index (χ4v) is 3.68. The highest BCUT2D eigenvalue weighted by molar-refractivity contribution is 5.88. The molecule has 4 rings (SSSR count). The van der Waals surface area contributed by atoms with E-state index in [9.17, 15) is 0 Å². The summed E-state index contributed by atoms with van der Waals surface area (Å²) in [4.78, 5) is 4.40. The van der Waals surface area contributed by atoms with Gasteiger partial charge in [-0.1, -0.05) is 126 Å². The molecule has 3 nitrogen and oxygen atoms in total. The summed E-state index contributed by atoms with van der Waals surface area (Å²) in [5.41, 5.74) is 6.98. The third-order valence-corrected chi connectivity index (χ3v) is 5.46. The van der Waals surface area contributed by atoms with Crippen molar-refractivity contribution in [3.05, 3.63) is 144 Å². The molecule has 34 heavy (non-hydrogen) atoms. The Balaban J connectivity index is 0.000000191. The maximum atomic E-state index is 9.04. The lowest BCUT2D eigenvalue weighted by Crippen LogP contribution is -2.07. The average Bonchev–Trinajstić information content (AvgIpc) is 2.91. The van der Waals surface area contributed by atoms with Crippen molar-refractivity contribution in [2.24, 2.45) is 10.1 Å². The highest BCUT2D eigenvalue weighted by Crippen LogP contribution is 2.08. The molecule has 0 aliphatic carbocycles. The minimum atomic E-state index is 0.687. The first-order chi connectivity index (χ1) is 16.8. The second kappa shape index (κ2) is 14.2. The summed E-state index contributed by atoms with van der Waals surface area (Å²) in [6.07, 6.45) is 3.25. The molecule has 3 heteroatoms. The topological polar surface area (TPSA) is 45.0 Å². The van der Waals surface area contributed by atoms with Gasteiger partial charge in [0.05, 0.1) is 5.71 Å². The molecule has 0 fully saturated rings. The summed E-state index contributed by atoms with van der Waals surface area (Å²) >= 11 is 0. The molecule has 0 aliphatic rings. The first kappa shape index (κ1) is 24.7. The Kier molecular flexibility index (Phi) is 10.3. The van der Waals surface area contributed by atoms with E-state index in [1.165, 1.54) is 16.8 Å². The monoisotopic (exact) mass is 448 g/mol. The fraction of sp³-hybridized carbons (Fsp3) is 0.161. The lowest BCUT2D eigenvalue weighted by molar-refractivity contribution is 0.317. The van der Waals surface area contributed by atoms with E-state index in [0.717, 1.165) is 29.7 Å². The van der Waals surface area contributed by atoms with Crippen molar-refractivity contribution in [1.82, 2.24) is 0 Å². The molecule has 0 aromatic heterocycles. The van der Waals surface area contributed by atoms with Gasteiger partial charge in [0.1, 0.15) is 0 Å². The van der Waals surface area contributed by atoms with Crippen LogP contribution in [0.4, 0.5) is 0 Å². The number of hydrogen-bond donors (Lipinski definition) is 1. The molecule has 0 amide bonds. The lowest BCUT2D eigenvalue weighted by atomic mass is 10.0. The van der Waals surface area contributed by atoms with Crippen molar-refractivity contribution >= 4 is 11.4 Å². The normalized spacial score (nSPS) is 9.91. The molecule has 0 saturated carbocycles. The van der Waals surface area contributed by atoms with Crippen LogP contribution in [0.25, 0.3) is 0 Å². The number of oxime groups is 1. The van der Waals surface area contributed by atoms with Gasteiger partial charge in [0, 0.05) is 38.4 Å². The van der Waals surface area contributed by atoms with Gasteiger partial charge in [-0.2, -0.15) is 0 Å². The minimum Gasteiger partial charge on any atom is -0.411 e. The summed E-state index contributed by atoms with van der Waals surface area (Å²) in [6, 6.07) is 41.1. The summed E-state index contributed by atoms with van der Waals surface area (Å²) in [5.74, 6) is 0. The minimum absolute atomic E-state index is 0.687. The Labute approximate surface area is 203 Å². The van der Waals surface area contributed by atoms with Gasteiger partial charge in [-0.25, -0.2) is 0 Å². The van der Waals surface area contributed by atoms with Crippen LogP contribution in [0.1, 0.15) is 22.3 Å². The predicted octanol–water partition coefficient (Wildman–Crippen LogP) is 6.84. The molecule has 172 valence electrons. The zero-order valence-corrected chi connectivity index (χ0v) is 19.7. The van der Waals surface area contributed by atoms with Crippen molar-refractivity contribution in [2.45, 2.75) is 25.7 Å². The van der Waals surface area contributed by atoms with Crippen LogP contribution >= 0.6 is 0 Å². The van der Waals surface area contributed by atoms with Gasteiger partial charge >= 0.3 is 0 Å². The Morgan fingerprint density at radius 1 is 0.471 bits per heavy atom. The number of rotatable bonds is 8. The molecule has 0 heterocycles. The molecule has 0 atom stereocenters. The van der Waals surface area contributed by atoms with Gasteiger partial charge in [-0.3, -0.25) is 4.99 Å². The maximum Gasteiger partial charge on any atom is 0.0658 e. The van der Waals surface area contributed by atoms with Crippen molar-refractivity contribution < 1.29 is 5.21 Å². The van der Waals surface area contributed by atoms with Crippen LogP contribution in [0.3, 0.4) is 0 Å². The summed E-state index contributed by atoms with van der Waals surface area (Å²) < 4.78 is 0. The number of nitrogens with zero attached hydrogens (tertiary/aromatic N) is 2. The molecule has 0 unspecified atom stereocenters. The highest BCUT2D eigenvalue weighted by Gasteiger charge is 2.04. The van der Waals surface area contributed by atoms with Gasteiger partial charge in [-0.15, -0.1) is 0 Å². The molecule has 0 bridgehead atoms. The van der Waals surface area contributed by atoms with Crippen LogP contribution in [0.5, 0.6) is 0 Å². The van der Waals surface area contributed by atoms with Crippen molar-refractivity contribution in [1.29, 1.82) is 0 Å². The quantitative estimate of drug-likeness (QED) is 0.179. The van der Waals surface area contributed by atoms with E-state index < -0.39 is 0 Å². The van der Waals surface area contributed by atoms with Crippen molar-refractivity contribution in [3.63, 3.8) is 0 Å². The zero-order chi connectivity index (χ0) is 23.8. The number of aliphatic imine (C=N–C) groups is 1. The number of hydrogen-bond acceptors (Lipinski definition) is 3. The van der Waals surface area contributed by atoms with Gasteiger partial charge in [0.15, 0.2) is 0 Å². The molecule has 1 N–H and O–H groups in total. The first-order valence-electron chi connectivity index (χ1n) is 11.6. The van der Waals surface area contributed by atoms with Crippen molar-refractivity contribution in [2.75, 3.05) is 7.05 Å². The van der Waals surface area contributed by atoms with E-state index >= 15 is 0 Å². The van der Waals surface area contributed by atoms with Crippen LogP contribution in [-0.4, -0.2) is 23.7 Å². The largest absolute Gasteiger partial charge is 0.411 e. The lowest BCUT2D eigenvalue weighted by Gasteiger charge is -2.06. The molecule has 4 aromatic carbocycles. The smallest absolute Gasteiger partial charge is 0.0658 e. The van der Waals surface area contributed by atoms with E-state index in [2.05, 4.69) is 58.7 Å². The van der Waals surface area contributed by atoms with Gasteiger partial charge in [0.25, 0.3) is 0 Å². The van der Waals surface area contributed by atoms with E-state index in [-0.39, 0.29) is 0 Å². The molecule has 0 radical (unpaired) electrons. The molecule has 0 spiro atoms. The fourth-order valence-electron chi connectivity index (χ4n) is 3.68. The molecule has 4 aromatic rings. The second-order valence-electron chi connectivity index (χ2n) is 8.11. The summed E-state index contributed by atoms with van der Waals surface area (Å²) in [6.45, 7) is 0. The molecular formula is C31H32N2O. The molecular weight excluding hydrogens is 416 g/mol. The SMILES string of the molecule is CN=C(Cc1ccccc1)Cc1ccccc1.ON=C(Cc1ccccc1)Cc1ccccc1. The Bertz CT molecular complexity index is 957. The summed E-state index contributed by atoms with van der Waals surface area (Å²) in [7, 11) is 1.88. The standard InChI is InChI=1S/C16H17N.C15H15NO/c1-17-16(12-14-8-4-2-5-9-14)13-15-10-6-3-7-11-15;17-16-15(11-13-7-3-1-4-8-13)12-14-9-5-2-6-10-14/h2-11H,12-13H2,1H3;1-10,17H,11-12H2. The Hall–Kier alpha value is -3.98. The predicted molar refractivity (Wildman–Crippen MR) is 143 cm³/mol. The first-order valence-corrected chi connectivity index (χ1v) is 11.6. The van der Waals surface area contributed by atoms with Crippen LogP contribution in [0, 0.1) is 0 Å². The third-order valence-electron chi connectivity index (χ3n) is 5.46. The highest BCUT2D eigenvalue weighted by atomic mass is 16.4. The van der Waals surface area contributed by atoms with Crippen LogP contribution < -0.4 is 0 Å². The van der Waals surface area contributed by atoms with Gasteiger partial charge < -0.3 is 5.21 Å². The third kappa shape index (κ3) is 8.87.